The molecule has 4 aromatic carbocycles. The van der Waals surface area contributed by atoms with Gasteiger partial charge < -0.3 is 5.11 Å². The van der Waals surface area contributed by atoms with E-state index in [9.17, 15) is 18.3 Å². The quantitative estimate of drug-likeness (QED) is 0.349. The lowest BCUT2D eigenvalue weighted by Gasteiger charge is -2.16. The molecule has 1 amide bonds. The van der Waals surface area contributed by atoms with Gasteiger partial charge >= 0.3 is 0 Å². The number of rotatable bonds is 6. The van der Waals surface area contributed by atoms with Crippen molar-refractivity contribution in [2.24, 2.45) is 5.10 Å². The van der Waals surface area contributed by atoms with Crippen LogP contribution in [0.25, 0.3) is 21.5 Å². The second-order valence-corrected chi connectivity index (χ2v) is 9.33. The van der Waals surface area contributed by atoms with E-state index in [-0.39, 0.29) is 10.6 Å². The van der Waals surface area contributed by atoms with Crippen molar-refractivity contribution in [1.82, 2.24) is 9.73 Å². The zero-order valence-corrected chi connectivity index (χ0v) is 18.1. The fourth-order valence-corrected chi connectivity index (χ4v) is 4.58. The van der Waals surface area contributed by atoms with Gasteiger partial charge in [0.25, 0.3) is 5.91 Å². The number of fused-ring (bicyclic) bond motifs is 2. The molecule has 7 nitrogen and oxygen atoms in total. The fraction of sp³-hybridized carbons (Fsp3) is 0.0833. The van der Waals surface area contributed by atoms with Crippen LogP contribution >= 0.6 is 0 Å². The molecule has 0 fully saturated rings. The van der Waals surface area contributed by atoms with Crippen LogP contribution in [0.4, 0.5) is 0 Å². The van der Waals surface area contributed by atoms with Gasteiger partial charge in [-0.05, 0) is 39.7 Å². The van der Waals surface area contributed by atoms with Gasteiger partial charge in [0.05, 0.1) is 17.7 Å². The molecule has 4 aromatic rings. The number of nitrogens with zero attached hydrogens (tertiary/aromatic N) is 2. The lowest BCUT2D eigenvalue weighted by atomic mass is 10.0. The van der Waals surface area contributed by atoms with Crippen molar-refractivity contribution < 1.29 is 18.3 Å². The van der Waals surface area contributed by atoms with Gasteiger partial charge in [0.2, 0.25) is 10.0 Å². The molecule has 4 rings (SSSR count). The normalized spacial score (nSPS) is 12.1. The molecule has 0 unspecified atom stereocenters. The molecule has 0 aliphatic heterocycles. The van der Waals surface area contributed by atoms with Gasteiger partial charge in [0.1, 0.15) is 5.75 Å². The molecular weight excluding hydrogens is 426 g/mol. The Bertz CT molecular complexity index is 1450. The molecular formula is C24H21N3O4S. The molecule has 0 radical (unpaired) electrons. The molecule has 0 aliphatic carbocycles. The van der Waals surface area contributed by atoms with E-state index in [4.69, 9.17) is 0 Å². The second-order valence-electron chi connectivity index (χ2n) is 7.28. The standard InChI is InChI=1S/C24H21N3O4S/c1-27(32(30,31)20-12-10-17-6-2-3-8-19(17)14-20)16-24(29)26-25-15-22-21-9-5-4-7-18(21)11-13-23(22)28/h2-15,28H,16H2,1H3,(H,26,29). The monoisotopic (exact) mass is 447 g/mol. The molecule has 0 spiro atoms. The number of sulfonamides is 1. The first-order valence-corrected chi connectivity index (χ1v) is 11.3. The topological polar surface area (TPSA) is 99.1 Å². The van der Waals surface area contributed by atoms with Crippen molar-refractivity contribution in [2.75, 3.05) is 13.6 Å². The number of phenols is 1. The van der Waals surface area contributed by atoms with E-state index >= 15 is 0 Å². The van der Waals surface area contributed by atoms with E-state index in [0.717, 1.165) is 25.9 Å². The highest BCUT2D eigenvalue weighted by molar-refractivity contribution is 7.89. The van der Waals surface area contributed by atoms with Gasteiger partial charge in [0, 0.05) is 12.6 Å². The maximum Gasteiger partial charge on any atom is 0.255 e. The molecule has 162 valence electrons. The molecule has 0 aliphatic rings. The van der Waals surface area contributed by atoms with Crippen molar-refractivity contribution in [1.29, 1.82) is 0 Å². The molecule has 0 bridgehead atoms. The maximum atomic E-state index is 12.9. The number of amides is 1. The average Bonchev–Trinajstić information content (AvgIpc) is 2.80. The molecule has 0 saturated carbocycles. The van der Waals surface area contributed by atoms with Crippen molar-refractivity contribution in [3.63, 3.8) is 0 Å². The largest absolute Gasteiger partial charge is 0.507 e. The summed E-state index contributed by atoms with van der Waals surface area (Å²) in [5.74, 6) is -0.578. The summed E-state index contributed by atoms with van der Waals surface area (Å²) in [6.45, 7) is -0.409. The number of hydrogen-bond acceptors (Lipinski definition) is 5. The van der Waals surface area contributed by atoms with E-state index < -0.39 is 22.5 Å². The minimum Gasteiger partial charge on any atom is -0.507 e. The zero-order valence-electron chi connectivity index (χ0n) is 17.3. The van der Waals surface area contributed by atoms with Gasteiger partial charge in [-0.3, -0.25) is 4.79 Å². The Morgan fingerprint density at radius 2 is 1.62 bits per heavy atom. The molecule has 32 heavy (non-hydrogen) atoms. The Morgan fingerprint density at radius 3 is 2.41 bits per heavy atom. The van der Waals surface area contributed by atoms with Crippen LogP contribution in [0.5, 0.6) is 5.75 Å². The van der Waals surface area contributed by atoms with Crippen LogP contribution in [-0.2, 0) is 14.8 Å². The number of aromatic hydroxyl groups is 1. The van der Waals surface area contributed by atoms with Gasteiger partial charge in [-0.1, -0.05) is 60.7 Å². The number of nitrogens with one attached hydrogen (secondary N) is 1. The number of hydrazone groups is 1. The van der Waals surface area contributed by atoms with Crippen LogP contribution < -0.4 is 5.43 Å². The number of phenolic OH excluding ortho intramolecular Hbond substituents is 1. The third kappa shape index (κ3) is 4.32. The number of carbonyl (C=O) groups excluding carboxylic acids is 1. The van der Waals surface area contributed by atoms with Crippen LogP contribution in [0.15, 0.2) is 88.9 Å². The Morgan fingerprint density at radius 1 is 0.969 bits per heavy atom. The lowest BCUT2D eigenvalue weighted by molar-refractivity contribution is -0.121. The van der Waals surface area contributed by atoms with Gasteiger partial charge in [-0.2, -0.15) is 9.41 Å². The Hall–Kier alpha value is -3.75. The molecule has 0 atom stereocenters. The third-order valence-electron chi connectivity index (χ3n) is 5.13. The van der Waals surface area contributed by atoms with E-state index in [2.05, 4.69) is 10.5 Å². The Balaban J connectivity index is 1.46. The van der Waals surface area contributed by atoms with E-state index in [0.29, 0.717) is 5.56 Å². The number of benzene rings is 4. The first-order chi connectivity index (χ1) is 15.4. The Labute approximate surface area is 185 Å². The SMILES string of the molecule is CN(CC(=O)NN=Cc1c(O)ccc2ccccc12)S(=O)(=O)c1ccc2ccccc2c1. The first kappa shape index (κ1) is 21.5. The van der Waals surface area contributed by atoms with Crippen LogP contribution in [0, 0.1) is 0 Å². The minimum absolute atomic E-state index is 0.0256. The highest BCUT2D eigenvalue weighted by Crippen LogP contribution is 2.25. The second kappa shape index (κ2) is 8.78. The zero-order chi connectivity index (χ0) is 22.7. The van der Waals surface area contributed by atoms with Gasteiger partial charge in [0.15, 0.2) is 0 Å². The first-order valence-electron chi connectivity index (χ1n) is 9.84. The van der Waals surface area contributed by atoms with Crippen molar-refractivity contribution in [2.45, 2.75) is 4.90 Å². The van der Waals surface area contributed by atoms with Gasteiger partial charge in [-0.15, -0.1) is 0 Å². The van der Waals surface area contributed by atoms with E-state index in [1.807, 2.05) is 48.5 Å². The van der Waals surface area contributed by atoms with Crippen molar-refractivity contribution in [3.8, 4) is 5.75 Å². The summed E-state index contributed by atoms with van der Waals surface area (Å²) in [6, 6.07) is 23.1. The highest BCUT2D eigenvalue weighted by atomic mass is 32.2. The summed E-state index contributed by atoms with van der Waals surface area (Å²) < 4.78 is 26.7. The minimum atomic E-state index is -3.86. The van der Waals surface area contributed by atoms with E-state index in [1.54, 1.807) is 24.3 Å². The summed E-state index contributed by atoms with van der Waals surface area (Å²) in [5, 5.41) is 17.5. The highest BCUT2D eigenvalue weighted by Gasteiger charge is 2.23. The molecule has 2 N–H and O–H groups in total. The molecule has 0 aromatic heterocycles. The summed E-state index contributed by atoms with van der Waals surface area (Å²) in [6.07, 6.45) is 1.34. The summed E-state index contributed by atoms with van der Waals surface area (Å²) in [7, 11) is -2.52. The molecule has 8 heteroatoms. The Kier molecular flexibility index (Phi) is 5.89. The molecule has 0 saturated heterocycles. The summed E-state index contributed by atoms with van der Waals surface area (Å²) in [4.78, 5) is 12.4. The van der Waals surface area contributed by atoms with Crippen molar-refractivity contribution >= 4 is 43.7 Å². The smallest absolute Gasteiger partial charge is 0.255 e. The number of likely N-dealkylation sites (N-methyl/N-ethyl adjacent to an activating group) is 1. The lowest BCUT2D eigenvalue weighted by Crippen LogP contribution is -2.36. The summed E-state index contributed by atoms with van der Waals surface area (Å²) >= 11 is 0. The third-order valence-corrected chi connectivity index (χ3v) is 6.93. The maximum absolute atomic E-state index is 12.9. The molecule has 0 heterocycles. The van der Waals surface area contributed by atoms with Crippen molar-refractivity contribution in [3.05, 3.63) is 84.4 Å². The summed E-state index contributed by atoms with van der Waals surface area (Å²) in [5.41, 5.74) is 2.78. The van der Waals surface area contributed by atoms with Crippen LogP contribution in [0.2, 0.25) is 0 Å². The number of carbonyl (C=O) groups is 1. The van der Waals surface area contributed by atoms with Crippen LogP contribution in [-0.4, -0.2) is 43.5 Å². The van der Waals surface area contributed by atoms with Gasteiger partial charge in [-0.25, -0.2) is 13.8 Å². The predicted octanol–water partition coefficient (Wildman–Crippen LogP) is 3.47. The average molecular weight is 448 g/mol. The predicted molar refractivity (Wildman–Crippen MR) is 125 cm³/mol. The number of hydrogen-bond donors (Lipinski definition) is 2. The van der Waals surface area contributed by atoms with Crippen LogP contribution in [0.3, 0.4) is 0 Å². The van der Waals surface area contributed by atoms with Crippen LogP contribution in [0.1, 0.15) is 5.56 Å². The fourth-order valence-electron chi connectivity index (χ4n) is 3.42. The van der Waals surface area contributed by atoms with E-state index in [1.165, 1.54) is 19.3 Å².